The van der Waals surface area contributed by atoms with Gasteiger partial charge in [0.2, 0.25) is 0 Å². The molecule has 4 heteroatoms. The molecule has 9 rings (SSSR count). The highest BCUT2D eigenvalue weighted by molar-refractivity contribution is 5.89. The van der Waals surface area contributed by atoms with Gasteiger partial charge in [-0.3, -0.25) is 9.97 Å². The molecule has 0 bridgehead atoms. The Hall–Kier alpha value is -6.78. The Morgan fingerprint density at radius 1 is 0.491 bits per heavy atom. The molecule has 1 aliphatic heterocycles. The second kappa shape index (κ2) is 13.4. The molecule has 0 fully saturated rings. The van der Waals surface area contributed by atoms with Crippen LogP contribution in [0.1, 0.15) is 33.5 Å². The molecule has 4 nitrogen and oxygen atoms in total. The second-order valence-corrected chi connectivity index (χ2v) is 13.5. The zero-order chi connectivity index (χ0) is 35.8. The minimum atomic E-state index is -0.738. The summed E-state index contributed by atoms with van der Waals surface area (Å²) in [5.74, 6) is 1.48. The van der Waals surface area contributed by atoms with Crippen molar-refractivity contribution in [3.63, 3.8) is 0 Å². The van der Waals surface area contributed by atoms with Crippen molar-refractivity contribution in [2.45, 2.75) is 19.3 Å². The number of aryl methyl sites for hydroxylation is 2. The van der Waals surface area contributed by atoms with Crippen LogP contribution in [-0.2, 0) is 5.41 Å². The number of para-hydroxylation sites is 3. The van der Waals surface area contributed by atoms with E-state index in [1.165, 1.54) is 16.7 Å². The lowest BCUT2D eigenvalue weighted by molar-refractivity contribution is 0.481. The molecule has 0 radical (unpaired) electrons. The van der Waals surface area contributed by atoms with Crippen LogP contribution in [0.3, 0.4) is 0 Å². The van der Waals surface area contributed by atoms with E-state index in [1.54, 1.807) is 0 Å². The Labute approximate surface area is 310 Å². The minimum absolute atomic E-state index is 0.738. The van der Waals surface area contributed by atoms with Crippen LogP contribution >= 0.6 is 0 Å². The van der Waals surface area contributed by atoms with Gasteiger partial charge in [0.1, 0.15) is 11.5 Å². The summed E-state index contributed by atoms with van der Waals surface area (Å²) in [7, 11) is 0. The summed E-state index contributed by atoms with van der Waals surface area (Å²) in [5.41, 5.74) is 13.5. The highest BCUT2D eigenvalue weighted by Crippen LogP contribution is 2.57. The van der Waals surface area contributed by atoms with Crippen molar-refractivity contribution in [1.29, 1.82) is 0 Å². The molecule has 0 saturated heterocycles. The Kier molecular flexibility index (Phi) is 8.13. The molecule has 2 aromatic heterocycles. The number of benzene rings is 6. The fraction of sp³-hybridized carbons (Fsp3) is 0.0612. The zero-order valence-corrected chi connectivity index (χ0v) is 29.6. The summed E-state index contributed by atoms with van der Waals surface area (Å²) >= 11 is 0. The van der Waals surface area contributed by atoms with E-state index >= 15 is 0 Å². The van der Waals surface area contributed by atoms with Crippen molar-refractivity contribution in [1.82, 2.24) is 9.97 Å². The molecule has 0 atom stereocenters. The van der Waals surface area contributed by atoms with Gasteiger partial charge in [-0.1, -0.05) is 97.1 Å². The molecule has 254 valence electrons. The predicted octanol–water partition coefficient (Wildman–Crippen LogP) is 12.4. The quantitative estimate of drug-likeness (QED) is 0.168. The Bertz CT molecular complexity index is 2500. The van der Waals surface area contributed by atoms with Gasteiger partial charge in [-0.2, -0.15) is 0 Å². The van der Waals surface area contributed by atoms with Crippen molar-refractivity contribution in [2.24, 2.45) is 0 Å². The van der Waals surface area contributed by atoms with E-state index in [0.29, 0.717) is 0 Å². The summed E-state index contributed by atoms with van der Waals surface area (Å²) in [6.45, 7) is 4.32. The van der Waals surface area contributed by atoms with E-state index in [0.717, 1.165) is 67.8 Å². The minimum Gasteiger partial charge on any atom is -0.457 e. The molecule has 8 aromatic rings. The normalized spacial score (nSPS) is 12.8. The van der Waals surface area contributed by atoms with Crippen molar-refractivity contribution in [2.75, 3.05) is 4.90 Å². The molecule has 0 spiro atoms. The van der Waals surface area contributed by atoms with Gasteiger partial charge in [0.25, 0.3) is 0 Å². The maximum absolute atomic E-state index is 6.90. The first-order valence-corrected chi connectivity index (χ1v) is 18.0. The molecule has 6 aromatic carbocycles. The first-order chi connectivity index (χ1) is 26.1. The van der Waals surface area contributed by atoms with Gasteiger partial charge in [-0.05, 0) is 132 Å². The predicted molar refractivity (Wildman–Crippen MR) is 215 cm³/mol. The van der Waals surface area contributed by atoms with E-state index in [4.69, 9.17) is 14.7 Å². The van der Waals surface area contributed by atoms with E-state index in [9.17, 15) is 0 Å². The number of aromatic nitrogens is 2. The third kappa shape index (κ3) is 5.56. The first-order valence-electron chi connectivity index (χ1n) is 18.0. The third-order valence-electron chi connectivity index (χ3n) is 10.3. The zero-order valence-electron chi connectivity index (χ0n) is 29.6. The van der Waals surface area contributed by atoms with Crippen LogP contribution in [0.4, 0.5) is 17.1 Å². The van der Waals surface area contributed by atoms with E-state index < -0.39 is 5.41 Å². The third-order valence-corrected chi connectivity index (χ3v) is 10.3. The molecular weight excluding hydrogens is 647 g/mol. The molecule has 0 aliphatic carbocycles. The molecule has 0 unspecified atom stereocenters. The van der Waals surface area contributed by atoms with E-state index in [-0.39, 0.29) is 0 Å². The average molecular weight is 684 g/mol. The van der Waals surface area contributed by atoms with E-state index in [2.05, 4.69) is 164 Å². The van der Waals surface area contributed by atoms with Crippen molar-refractivity contribution < 1.29 is 4.74 Å². The molecule has 0 saturated carbocycles. The maximum Gasteiger partial charge on any atom is 0.128 e. The summed E-state index contributed by atoms with van der Waals surface area (Å²) in [6.07, 6.45) is 3.73. The monoisotopic (exact) mass is 683 g/mol. The summed E-state index contributed by atoms with van der Waals surface area (Å²) < 4.78 is 6.90. The van der Waals surface area contributed by atoms with Crippen molar-refractivity contribution in [3.8, 4) is 33.9 Å². The molecule has 3 heterocycles. The van der Waals surface area contributed by atoms with Crippen LogP contribution in [0.25, 0.3) is 22.4 Å². The fourth-order valence-electron chi connectivity index (χ4n) is 8.10. The maximum atomic E-state index is 6.90. The van der Waals surface area contributed by atoms with Crippen LogP contribution in [0.15, 0.2) is 188 Å². The largest absolute Gasteiger partial charge is 0.457 e. The lowest BCUT2D eigenvalue weighted by atomic mass is 9.64. The highest BCUT2D eigenvalue weighted by Gasteiger charge is 2.47. The standard InChI is InChI=1S/C49H37N3O/c1-34-16-14-17-35(2)48(34)37-30-36(44-24-10-12-28-50-44)31-41(32-37)53-40-21-15-18-38(33-40)49(47-27-11-13-29-51-47)42-22-6-8-25-45(42)52(39-19-4-3-5-20-39)46-26-9-7-23-43(46)49/h3-33H,1-2H3. The lowest BCUT2D eigenvalue weighted by Crippen LogP contribution is -2.38. The van der Waals surface area contributed by atoms with Crippen LogP contribution < -0.4 is 9.64 Å². The Morgan fingerprint density at radius 3 is 1.79 bits per heavy atom. The van der Waals surface area contributed by atoms with Gasteiger partial charge in [0, 0.05) is 23.6 Å². The summed E-state index contributed by atoms with van der Waals surface area (Å²) in [6, 6.07) is 61.6. The van der Waals surface area contributed by atoms with Gasteiger partial charge >= 0.3 is 0 Å². The number of anilines is 3. The highest BCUT2D eigenvalue weighted by atomic mass is 16.5. The van der Waals surface area contributed by atoms with Crippen LogP contribution in [-0.4, -0.2) is 9.97 Å². The van der Waals surface area contributed by atoms with Crippen LogP contribution in [0.5, 0.6) is 11.5 Å². The van der Waals surface area contributed by atoms with Gasteiger partial charge in [0.15, 0.2) is 0 Å². The summed E-state index contributed by atoms with van der Waals surface area (Å²) in [4.78, 5) is 12.2. The Balaban J connectivity index is 1.24. The van der Waals surface area contributed by atoms with Crippen LogP contribution in [0, 0.1) is 13.8 Å². The Morgan fingerprint density at radius 2 is 1.11 bits per heavy atom. The number of nitrogens with zero attached hydrogens (tertiary/aromatic N) is 3. The molecule has 0 N–H and O–H groups in total. The number of ether oxygens (including phenoxy) is 1. The van der Waals surface area contributed by atoms with Crippen molar-refractivity contribution >= 4 is 17.1 Å². The number of pyridine rings is 2. The second-order valence-electron chi connectivity index (χ2n) is 13.5. The van der Waals surface area contributed by atoms with Gasteiger partial charge in [-0.15, -0.1) is 0 Å². The van der Waals surface area contributed by atoms with Crippen LogP contribution in [0.2, 0.25) is 0 Å². The SMILES string of the molecule is Cc1cccc(C)c1-c1cc(Oc2cccc(C3(c4ccccn4)c4ccccc4N(c4ccccc4)c4ccccc43)c2)cc(-c2ccccn2)c1. The average Bonchev–Trinajstić information content (AvgIpc) is 3.21. The topological polar surface area (TPSA) is 38.2 Å². The van der Waals surface area contributed by atoms with Crippen molar-refractivity contribution in [3.05, 3.63) is 222 Å². The molecular formula is C49H37N3O. The first kappa shape index (κ1) is 32.1. The van der Waals surface area contributed by atoms with Gasteiger partial charge in [-0.25, -0.2) is 0 Å². The van der Waals surface area contributed by atoms with E-state index in [1.807, 2.05) is 42.7 Å². The molecule has 1 aliphatic rings. The number of hydrogen-bond acceptors (Lipinski definition) is 4. The van der Waals surface area contributed by atoms with Gasteiger partial charge in [0.05, 0.1) is 28.2 Å². The molecule has 0 amide bonds. The summed E-state index contributed by atoms with van der Waals surface area (Å²) in [5, 5.41) is 0. The van der Waals surface area contributed by atoms with Gasteiger partial charge < -0.3 is 9.64 Å². The number of rotatable bonds is 7. The fourth-order valence-corrected chi connectivity index (χ4v) is 8.10. The number of hydrogen-bond donors (Lipinski definition) is 0. The molecule has 53 heavy (non-hydrogen) atoms. The lowest BCUT2D eigenvalue weighted by Gasteiger charge is -2.45. The smallest absolute Gasteiger partial charge is 0.128 e. The number of fused-ring (bicyclic) bond motifs is 2.